The fourth-order valence-electron chi connectivity index (χ4n) is 6.37. The van der Waals surface area contributed by atoms with Crippen LogP contribution in [0.4, 0.5) is 13.2 Å². The van der Waals surface area contributed by atoms with E-state index in [1.54, 1.807) is 38.7 Å². The van der Waals surface area contributed by atoms with E-state index in [0.29, 0.717) is 70.7 Å². The maximum Gasteiger partial charge on any atom is 0.406 e. The van der Waals surface area contributed by atoms with Crippen LogP contribution in [0.1, 0.15) is 43.4 Å². The third-order valence-electron chi connectivity index (χ3n) is 8.32. The first-order valence-electron chi connectivity index (χ1n) is 13.9. The number of rotatable bonds is 5. The Morgan fingerprint density at radius 3 is 2.69 bits per heavy atom. The summed E-state index contributed by atoms with van der Waals surface area (Å²) >= 11 is 6.59. The number of benzene rings is 1. The Morgan fingerprint density at radius 1 is 1.21 bits per heavy atom. The molecule has 4 aromatic rings. The number of fused-ring (bicyclic) bond motifs is 4. The van der Waals surface area contributed by atoms with Crippen LogP contribution in [0, 0.1) is 5.92 Å². The third-order valence-corrected chi connectivity index (χ3v) is 8.61. The van der Waals surface area contributed by atoms with Crippen molar-refractivity contribution in [3.63, 3.8) is 0 Å². The summed E-state index contributed by atoms with van der Waals surface area (Å²) in [7, 11) is 0. The molecular weight excluding hydrogens is 575 g/mol. The first-order chi connectivity index (χ1) is 20.0. The molecule has 2 aliphatic heterocycles. The number of carbonyl (C=O) groups excluding carboxylic acids is 2. The monoisotopic (exact) mass is 603 g/mol. The van der Waals surface area contributed by atoms with Gasteiger partial charge in [-0.05, 0) is 55.5 Å². The predicted octanol–water partition coefficient (Wildman–Crippen LogP) is 4.06. The Bertz CT molecular complexity index is 1740. The van der Waals surface area contributed by atoms with Crippen LogP contribution in [-0.2, 0) is 29.1 Å². The van der Waals surface area contributed by atoms with E-state index in [2.05, 4.69) is 15.1 Å². The Hall–Kier alpha value is -3.87. The van der Waals surface area contributed by atoms with Crippen molar-refractivity contribution < 1.29 is 22.8 Å². The number of carbonyl (C=O) groups is 2. The number of imidazole rings is 1. The van der Waals surface area contributed by atoms with Gasteiger partial charge in [0, 0.05) is 50.2 Å². The van der Waals surface area contributed by atoms with E-state index in [4.69, 9.17) is 11.6 Å². The van der Waals surface area contributed by atoms with Crippen molar-refractivity contribution in [3.8, 4) is 0 Å². The van der Waals surface area contributed by atoms with Gasteiger partial charge in [0.05, 0.1) is 28.2 Å². The molecule has 222 valence electrons. The number of nitrogens with one attached hydrogen (secondary N) is 1. The van der Waals surface area contributed by atoms with Gasteiger partial charge < -0.3 is 9.80 Å². The highest BCUT2D eigenvalue weighted by molar-refractivity contribution is 6.35. The van der Waals surface area contributed by atoms with Gasteiger partial charge in [-0.2, -0.15) is 18.3 Å². The lowest BCUT2D eigenvalue weighted by Crippen LogP contribution is -2.44. The zero-order valence-electron chi connectivity index (χ0n) is 22.8. The van der Waals surface area contributed by atoms with Crippen LogP contribution >= 0.6 is 11.6 Å². The van der Waals surface area contributed by atoms with E-state index in [9.17, 15) is 27.6 Å². The molecule has 0 spiro atoms. The van der Waals surface area contributed by atoms with Gasteiger partial charge in [-0.15, -0.1) is 0 Å². The van der Waals surface area contributed by atoms with Gasteiger partial charge in [-0.3, -0.25) is 23.8 Å². The zero-order valence-corrected chi connectivity index (χ0v) is 23.6. The minimum atomic E-state index is -4.61. The normalized spacial score (nSPS) is 18.6. The van der Waals surface area contributed by atoms with E-state index in [1.807, 2.05) is 13.0 Å². The smallest absolute Gasteiger partial charge is 0.343 e. The lowest BCUT2D eigenvalue weighted by molar-refractivity contribution is -0.165. The third kappa shape index (κ3) is 5.14. The molecule has 1 fully saturated rings. The summed E-state index contributed by atoms with van der Waals surface area (Å²) < 4.78 is 44.1. The van der Waals surface area contributed by atoms with Gasteiger partial charge in [0.2, 0.25) is 11.8 Å². The number of aromatic nitrogens is 5. The average Bonchev–Trinajstić information content (AvgIpc) is 3.50. The molecule has 0 radical (unpaired) electrons. The molecule has 5 heterocycles. The molecule has 6 rings (SSSR count). The lowest BCUT2D eigenvalue weighted by Gasteiger charge is -2.33. The largest absolute Gasteiger partial charge is 0.406 e. The topological polar surface area (TPSA) is 109 Å². The molecule has 0 bridgehead atoms. The van der Waals surface area contributed by atoms with E-state index in [-0.39, 0.29) is 37.0 Å². The zero-order chi connectivity index (χ0) is 29.8. The molecule has 0 unspecified atom stereocenters. The second kappa shape index (κ2) is 10.8. The molecule has 0 saturated carbocycles. The second-order valence-electron chi connectivity index (χ2n) is 10.9. The SMILES string of the molecule is CCn1ncc2c3c(cc(Cl)c21)C[C@@H](CC(=O)N1CCC(n2c(=O)[nH]c4ncccc42)CC1)C(=O)N(CC(F)(F)F)C3. The molecule has 14 heteroatoms. The number of amides is 2. The first-order valence-corrected chi connectivity index (χ1v) is 14.3. The predicted molar refractivity (Wildman–Crippen MR) is 149 cm³/mol. The van der Waals surface area contributed by atoms with Crippen LogP contribution in [0.3, 0.4) is 0 Å². The van der Waals surface area contributed by atoms with Crippen LogP contribution in [0.2, 0.25) is 5.02 Å². The second-order valence-corrected chi connectivity index (χ2v) is 11.3. The maximum absolute atomic E-state index is 13.6. The highest BCUT2D eigenvalue weighted by atomic mass is 35.5. The number of halogens is 4. The van der Waals surface area contributed by atoms with Crippen LogP contribution in [0.15, 0.2) is 35.4 Å². The molecule has 10 nitrogen and oxygen atoms in total. The van der Waals surface area contributed by atoms with Gasteiger partial charge in [-0.25, -0.2) is 9.78 Å². The minimum absolute atomic E-state index is 0.0927. The van der Waals surface area contributed by atoms with Crippen LogP contribution < -0.4 is 5.69 Å². The number of likely N-dealkylation sites (tertiary alicyclic amines) is 1. The molecule has 42 heavy (non-hydrogen) atoms. The summed E-state index contributed by atoms with van der Waals surface area (Å²) in [5, 5.41) is 5.33. The number of alkyl halides is 3. The summed E-state index contributed by atoms with van der Waals surface area (Å²) in [5.41, 5.74) is 2.75. The molecule has 0 aliphatic carbocycles. The number of pyridine rings is 1. The van der Waals surface area contributed by atoms with Crippen LogP contribution in [0.25, 0.3) is 22.1 Å². The number of hydrogen-bond acceptors (Lipinski definition) is 5. The molecule has 1 N–H and O–H groups in total. The fourth-order valence-corrected chi connectivity index (χ4v) is 6.70. The standard InChI is InChI=1S/C28H29ClF3N7O3/c1-2-38-24-19(13-34-38)20-14-37(15-28(30,31)32)26(41)17(10-16(20)11-21(24)29)12-23(40)36-8-5-18(6-9-36)39-22-4-3-7-33-25(22)35-27(39)42/h3-4,7,11,13,17-18H,2,5-6,8-10,12,14-15H2,1H3,(H,33,35,42)/t17-/m0/s1. The Labute approximate surface area is 243 Å². The number of aromatic amines is 1. The summed E-state index contributed by atoms with van der Waals surface area (Å²) in [6.45, 7) is 1.45. The summed E-state index contributed by atoms with van der Waals surface area (Å²) in [5.74, 6) is -1.99. The lowest BCUT2D eigenvalue weighted by atomic mass is 9.92. The summed E-state index contributed by atoms with van der Waals surface area (Å²) in [6.07, 6.45) is -0.528. The van der Waals surface area contributed by atoms with Gasteiger partial charge in [0.15, 0.2) is 5.65 Å². The number of piperidine rings is 1. The first kappa shape index (κ1) is 28.3. The molecule has 1 aromatic carbocycles. The summed E-state index contributed by atoms with van der Waals surface area (Å²) in [4.78, 5) is 48.9. The van der Waals surface area contributed by atoms with Crippen molar-refractivity contribution in [3.05, 3.63) is 57.2 Å². The van der Waals surface area contributed by atoms with E-state index in [0.717, 1.165) is 4.90 Å². The molecule has 3 aromatic heterocycles. The molecule has 2 aliphatic rings. The number of aryl methyl sites for hydroxylation is 1. The Kier molecular flexibility index (Phi) is 7.24. The fraction of sp³-hybridized carbons (Fsp3) is 0.464. The maximum atomic E-state index is 13.6. The van der Waals surface area contributed by atoms with Crippen molar-refractivity contribution >= 4 is 45.5 Å². The number of hydrogen-bond donors (Lipinski definition) is 1. The van der Waals surface area contributed by atoms with Crippen molar-refractivity contribution in [2.24, 2.45) is 5.92 Å². The van der Waals surface area contributed by atoms with E-state index in [1.165, 1.54) is 0 Å². The highest BCUT2D eigenvalue weighted by Gasteiger charge is 2.40. The molecule has 1 saturated heterocycles. The molecule has 2 amide bonds. The Balaban J connectivity index is 1.23. The van der Waals surface area contributed by atoms with Crippen LogP contribution in [-0.4, -0.2) is 71.7 Å². The Morgan fingerprint density at radius 2 is 1.98 bits per heavy atom. The van der Waals surface area contributed by atoms with Crippen LogP contribution in [0.5, 0.6) is 0 Å². The van der Waals surface area contributed by atoms with Gasteiger partial charge in [-0.1, -0.05) is 11.6 Å². The van der Waals surface area contributed by atoms with E-state index >= 15 is 0 Å². The van der Waals surface area contributed by atoms with Crippen molar-refractivity contribution in [2.75, 3.05) is 19.6 Å². The number of H-pyrrole nitrogens is 1. The highest BCUT2D eigenvalue weighted by Crippen LogP contribution is 2.36. The molecule has 1 atom stereocenters. The van der Waals surface area contributed by atoms with Crippen molar-refractivity contribution in [1.29, 1.82) is 0 Å². The van der Waals surface area contributed by atoms with Gasteiger partial charge in [0.25, 0.3) is 0 Å². The van der Waals surface area contributed by atoms with Gasteiger partial charge in [0.1, 0.15) is 6.54 Å². The van der Waals surface area contributed by atoms with Gasteiger partial charge >= 0.3 is 11.9 Å². The van der Waals surface area contributed by atoms with Crippen molar-refractivity contribution in [2.45, 2.75) is 57.9 Å². The minimum Gasteiger partial charge on any atom is -0.343 e. The van der Waals surface area contributed by atoms with E-state index < -0.39 is 24.5 Å². The summed E-state index contributed by atoms with van der Waals surface area (Å²) in [6, 6.07) is 5.12. The number of nitrogens with zero attached hydrogens (tertiary/aromatic N) is 6. The quantitative estimate of drug-likeness (QED) is 0.370. The van der Waals surface area contributed by atoms with Crippen molar-refractivity contribution in [1.82, 2.24) is 34.1 Å². The average molecular weight is 604 g/mol. The molecular formula is C28H29ClF3N7O3.